The fraction of sp³-hybridized carbons (Fsp3) is 0.500. The zero-order valence-electron chi connectivity index (χ0n) is 15.2. The number of carbonyl (C=O) groups is 1. The van der Waals surface area contributed by atoms with Crippen LogP contribution in [0, 0.1) is 6.92 Å². The molecule has 0 saturated carbocycles. The van der Waals surface area contributed by atoms with Crippen LogP contribution in [-0.4, -0.2) is 58.5 Å². The summed E-state index contributed by atoms with van der Waals surface area (Å²) in [5, 5.41) is 1.36. The van der Waals surface area contributed by atoms with Gasteiger partial charge in [0.05, 0.1) is 22.3 Å². The summed E-state index contributed by atoms with van der Waals surface area (Å²) in [6, 6.07) is 7.53. The van der Waals surface area contributed by atoms with E-state index in [9.17, 15) is 13.2 Å². The maximum atomic E-state index is 13.0. The molecule has 1 fully saturated rings. The number of aromatic nitrogens is 2. The summed E-state index contributed by atoms with van der Waals surface area (Å²) >= 11 is 1.41. The molecule has 2 atom stereocenters. The van der Waals surface area contributed by atoms with Crippen molar-refractivity contribution < 1.29 is 13.2 Å². The minimum absolute atomic E-state index is 0.0417. The lowest BCUT2D eigenvalue weighted by Crippen LogP contribution is -2.44. The third kappa shape index (κ3) is 4.01. The summed E-state index contributed by atoms with van der Waals surface area (Å²) in [4.78, 5) is 23.6. The van der Waals surface area contributed by atoms with E-state index in [4.69, 9.17) is 0 Å². The van der Waals surface area contributed by atoms with Gasteiger partial charge < -0.3 is 4.90 Å². The summed E-state index contributed by atoms with van der Waals surface area (Å²) in [6.07, 6.45) is 0.523. The maximum absolute atomic E-state index is 13.0. The van der Waals surface area contributed by atoms with Gasteiger partial charge in [0.2, 0.25) is 5.91 Å². The summed E-state index contributed by atoms with van der Waals surface area (Å²) < 4.78 is 23.5. The van der Waals surface area contributed by atoms with Crippen LogP contribution in [-0.2, 0) is 14.6 Å². The molecule has 8 heteroatoms. The second kappa shape index (κ2) is 7.52. The van der Waals surface area contributed by atoms with Gasteiger partial charge in [0, 0.05) is 18.0 Å². The number of thioether (sulfide) groups is 1. The zero-order valence-corrected chi connectivity index (χ0v) is 16.8. The fourth-order valence-electron chi connectivity index (χ4n) is 3.31. The van der Waals surface area contributed by atoms with Gasteiger partial charge in [-0.1, -0.05) is 30.0 Å². The average molecular weight is 394 g/mol. The van der Waals surface area contributed by atoms with Crippen LogP contribution in [0.4, 0.5) is 0 Å². The van der Waals surface area contributed by atoms with Crippen molar-refractivity contribution in [3.63, 3.8) is 0 Å². The van der Waals surface area contributed by atoms with Gasteiger partial charge in [0.15, 0.2) is 9.84 Å². The Bertz CT molecular complexity index is 930. The van der Waals surface area contributed by atoms with E-state index >= 15 is 0 Å². The van der Waals surface area contributed by atoms with Crippen LogP contribution in [0.1, 0.15) is 26.1 Å². The molecule has 1 aromatic carbocycles. The lowest BCUT2D eigenvalue weighted by molar-refractivity contribution is -0.131. The highest BCUT2D eigenvalue weighted by molar-refractivity contribution is 8.00. The number of sulfone groups is 1. The molecule has 0 spiro atoms. The minimum atomic E-state index is -3.02. The van der Waals surface area contributed by atoms with Crippen LogP contribution >= 0.6 is 11.8 Å². The Balaban J connectivity index is 1.81. The maximum Gasteiger partial charge on any atom is 0.236 e. The first-order valence-corrected chi connectivity index (χ1v) is 11.4. The van der Waals surface area contributed by atoms with E-state index in [1.54, 1.807) is 4.90 Å². The summed E-state index contributed by atoms with van der Waals surface area (Å²) in [7, 11) is -3.02. The van der Waals surface area contributed by atoms with Crippen molar-refractivity contribution in [2.45, 2.75) is 43.5 Å². The first-order valence-electron chi connectivity index (χ1n) is 8.71. The first kappa shape index (κ1) is 19.1. The summed E-state index contributed by atoms with van der Waals surface area (Å²) in [5.74, 6) is 0.859. The Morgan fingerprint density at radius 2 is 2.08 bits per heavy atom. The smallest absolute Gasteiger partial charge is 0.236 e. The van der Waals surface area contributed by atoms with Crippen LogP contribution in [0.2, 0.25) is 0 Å². The van der Waals surface area contributed by atoms with Crippen LogP contribution in [0.3, 0.4) is 0 Å². The number of aryl methyl sites for hydroxylation is 1. The van der Waals surface area contributed by atoms with Gasteiger partial charge in [0.25, 0.3) is 0 Å². The van der Waals surface area contributed by atoms with E-state index in [2.05, 4.69) is 9.97 Å². The van der Waals surface area contributed by atoms with E-state index < -0.39 is 9.84 Å². The zero-order chi connectivity index (χ0) is 18.9. The number of nitrogens with zero attached hydrogens (tertiary/aromatic N) is 3. The topological polar surface area (TPSA) is 80.2 Å². The third-order valence-electron chi connectivity index (χ3n) is 4.59. The Labute approximate surface area is 158 Å². The molecule has 140 valence electrons. The van der Waals surface area contributed by atoms with Gasteiger partial charge in [0.1, 0.15) is 10.9 Å². The Kier molecular flexibility index (Phi) is 5.53. The van der Waals surface area contributed by atoms with Gasteiger partial charge in [-0.05, 0) is 33.3 Å². The van der Waals surface area contributed by atoms with Crippen LogP contribution in [0.5, 0.6) is 0 Å². The van der Waals surface area contributed by atoms with Gasteiger partial charge >= 0.3 is 0 Å². The van der Waals surface area contributed by atoms with Crippen molar-refractivity contribution in [1.82, 2.24) is 14.9 Å². The molecule has 3 rings (SSSR count). The van der Waals surface area contributed by atoms with E-state index in [-0.39, 0.29) is 28.7 Å². The standard InChI is InChI=1S/C18H23N3O3S2/c1-4-21(14-9-10-26(23,24)11-14)18(22)12(2)25-17-15-7-5-6-8-16(15)19-13(3)20-17/h5-8,12,14H,4,9-11H2,1-3H3/t12-,14-/m0/s1. The summed E-state index contributed by atoms with van der Waals surface area (Å²) in [6.45, 7) is 6.09. The van der Waals surface area contributed by atoms with Crippen molar-refractivity contribution in [3.8, 4) is 0 Å². The van der Waals surface area contributed by atoms with E-state index in [1.807, 2.05) is 45.0 Å². The normalized spacial score (nSPS) is 20.2. The molecular formula is C18H23N3O3S2. The number of fused-ring (bicyclic) bond motifs is 1. The molecule has 1 aliphatic rings. The molecule has 2 heterocycles. The van der Waals surface area contributed by atoms with Crippen LogP contribution < -0.4 is 0 Å². The molecule has 0 radical (unpaired) electrons. The molecule has 6 nitrogen and oxygen atoms in total. The highest BCUT2D eigenvalue weighted by Crippen LogP contribution is 2.30. The number of rotatable bonds is 5. The molecule has 0 aliphatic carbocycles. The molecule has 1 aromatic heterocycles. The SMILES string of the molecule is CCN(C(=O)[C@H](C)Sc1nc(C)nc2ccccc12)[C@H]1CCS(=O)(=O)C1. The molecule has 0 unspecified atom stereocenters. The molecular weight excluding hydrogens is 370 g/mol. The molecule has 1 aliphatic heterocycles. The first-order chi connectivity index (χ1) is 12.3. The number of benzene rings is 1. The number of para-hydroxylation sites is 1. The van der Waals surface area contributed by atoms with Gasteiger partial charge in [-0.15, -0.1) is 0 Å². The van der Waals surface area contributed by atoms with E-state index in [1.165, 1.54) is 11.8 Å². The molecule has 1 saturated heterocycles. The predicted molar refractivity (Wildman–Crippen MR) is 104 cm³/mol. The number of hydrogen-bond donors (Lipinski definition) is 0. The van der Waals surface area contributed by atoms with Gasteiger partial charge in [-0.25, -0.2) is 18.4 Å². The molecule has 0 N–H and O–H groups in total. The summed E-state index contributed by atoms with van der Waals surface area (Å²) in [5.41, 5.74) is 0.858. The Hall–Kier alpha value is -1.67. The second-order valence-corrected chi connectivity index (χ2v) is 10.1. The van der Waals surface area contributed by atoms with Crippen molar-refractivity contribution in [1.29, 1.82) is 0 Å². The van der Waals surface area contributed by atoms with Crippen LogP contribution in [0.15, 0.2) is 29.3 Å². The molecule has 2 aromatic rings. The largest absolute Gasteiger partial charge is 0.338 e. The van der Waals surface area contributed by atoms with Crippen molar-refractivity contribution in [2.24, 2.45) is 0 Å². The third-order valence-corrected chi connectivity index (χ3v) is 7.43. The van der Waals surface area contributed by atoms with Crippen molar-refractivity contribution >= 4 is 38.4 Å². The van der Waals surface area contributed by atoms with Crippen molar-refractivity contribution in [2.75, 3.05) is 18.1 Å². The minimum Gasteiger partial charge on any atom is -0.338 e. The average Bonchev–Trinajstić information content (AvgIpc) is 2.94. The molecule has 0 bridgehead atoms. The Morgan fingerprint density at radius 3 is 2.73 bits per heavy atom. The predicted octanol–water partition coefficient (Wildman–Crippen LogP) is 2.45. The monoisotopic (exact) mass is 393 g/mol. The second-order valence-electron chi connectivity index (χ2n) is 6.53. The van der Waals surface area contributed by atoms with Gasteiger partial charge in [-0.3, -0.25) is 4.79 Å². The number of carbonyl (C=O) groups excluding carboxylic acids is 1. The highest BCUT2D eigenvalue weighted by atomic mass is 32.2. The van der Waals surface area contributed by atoms with Crippen LogP contribution in [0.25, 0.3) is 10.9 Å². The lowest BCUT2D eigenvalue weighted by atomic mass is 10.2. The quantitative estimate of drug-likeness (QED) is 0.573. The van der Waals surface area contributed by atoms with E-state index in [0.29, 0.717) is 18.8 Å². The Morgan fingerprint density at radius 1 is 1.35 bits per heavy atom. The number of hydrogen-bond acceptors (Lipinski definition) is 6. The van der Waals surface area contributed by atoms with Crippen molar-refractivity contribution in [3.05, 3.63) is 30.1 Å². The molecule has 1 amide bonds. The van der Waals surface area contributed by atoms with Gasteiger partial charge in [-0.2, -0.15) is 0 Å². The molecule has 26 heavy (non-hydrogen) atoms. The number of amides is 1. The van der Waals surface area contributed by atoms with E-state index in [0.717, 1.165) is 15.9 Å². The fourth-order valence-corrected chi connectivity index (χ4v) is 6.10. The lowest BCUT2D eigenvalue weighted by Gasteiger charge is -2.29. The highest BCUT2D eigenvalue weighted by Gasteiger charge is 2.35.